The van der Waals surface area contributed by atoms with Gasteiger partial charge in [-0.1, -0.05) is 26.0 Å². The van der Waals surface area contributed by atoms with E-state index >= 15 is 0 Å². The fourth-order valence-corrected chi connectivity index (χ4v) is 3.31. The van der Waals surface area contributed by atoms with Crippen molar-refractivity contribution < 1.29 is 13.2 Å². The van der Waals surface area contributed by atoms with E-state index in [0.717, 1.165) is 19.6 Å². The maximum absolute atomic E-state index is 12.3. The minimum atomic E-state index is -3.45. The summed E-state index contributed by atoms with van der Waals surface area (Å²) in [5, 5.41) is 4.84. The summed E-state index contributed by atoms with van der Waals surface area (Å²) >= 11 is 0. The molecule has 1 aromatic carbocycles. The van der Waals surface area contributed by atoms with E-state index in [2.05, 4.69) is 29.4 Å². The Labute approximate surface area is 139 Å². The van der Waals surface area contributed by atoms with Gasteiger partial charge in [-0.25, -0.2) is 13.2 Å². The number of para-hydroxylation sites is 1. The lowest BCUT2D eigenvalue weighted by atomic mass is 10.3. The van der Waals surface area contributed by atoms with E-state index in [9.17, 15) is 13.2 Å². The molecule has 0 aliphatic heterocycles. The minimum absolute atomic E-state index is 0.147. The molecule has 0 aromatic heterocycles. The number of benzene rings is 1. The number of hydrogen-bond acceptors (Lipinski definition) is 4. The molecule has 1 rings (SSSR count). The molecule has 0 aliphatic rings. The van der Waals surface area contributed by atoms with Crippen molar-refractivity contribution in [3.05, 3.63) is 24.3 Å². The second-order valence-corrected chi connectivity index (χ2v) is 7.97. The highest BCUT2D eigenvalue weighted by Crippen LogP contribution is 2.24. The van der Waals surface area contributed by atoms with Crippen LogP contribution in [-0.4, -0.2) is 50.8 Å². The molecule has 0 heterocycles. The summed E-state index contributed by atoms with van der Waals surface area (Å²) < 4.78 is 24.7. The summed E-state index contributed by atoms with van der Waals surface area (Å²) in [4.78, 5) is 14.3. The molecule has 6 nitrogen and oxygen atoms in total. The van der Waals surface area contributed by atoms with Gasteiger partial charge in [0.15, 0.2) is 9.84 Å². The molecule has 0 bridgehead atoms. The molecule has 2 N–H and O–H groups in total. The molecule has 130 valence electrons. The molecule has 0 saturated carbocycles. The Kier molecular flexibility index (Phi) is 7.51. The van der Waals surface area contributed by atoms with Crippen molar-refractivity contribution in [3.8, 4) is 0 Å². The Balaban J connectivity index is 2.73. The third kappa shape index (κ3) is 5.51. The summed E-state index contributed by atoms with van der Waals surface area (Å²) in [5.41, 5.74) is 0.307. The Morgan fingerprint density at radius 3 is 2.35 bits per heavy atom. The number of rotatable bonds is 8. The maximum atomic E-state index is 12.3. The summed E-state index contributed by atoms with van der Waals surface area (Å²) in [5.74, 6) is 0. The summed E-state index contributed by atoms with van der Waals surface area (Å²) in [7, 11) is -3.45. The third-order valence-corrected chi connectivity index (χ3v) is 5.88. The zero-order valence-electron chi connectivity index (χ0n) is 14.3. The molecule has 0 unspecified atom stereocenters. The highest BCUT2D eigenvalue weighted by Gasteiger charge is 2.23. The van der Waals surface area contributed by atoms with Crippen LogP contribution in [0.1, 0.15) is 27.7 Å². The number of amides is 2. The number of carbonyl (C=O) groups excluding carboxylic acids is 1. The second-order valence-electron chi connectivity index (χ2n) is 5.50. The molecule has 0 atom stereocenters. The zero-order valence-corrected chi connectivity index (χ0v) is 15.1. The first-order chi connectivity index (χ1) is 10.8. The number of hydrogen-bond donors (Lipinski definition) is 2. The van der Waals surface area contributed by atoms with Crippen LogP contribution in [0.15, 0.2) is 29.2 Å². The van der Waals surface area contributed by atoms with Gasteiger partial charge in [-0.05, 0) is 39.1 Å². The van der Waals surface area contributed by atoms with Crippen LogP contribution in [0.4, 0.5) is 10.5 Å². The number of likely N-dealkylation sites (N-methyl/N-ethyl adjacent to an activating group) is 1. The second kappa shape index (κ2) is 8.88. The van der Waals surface area contributed by atoms with Gasteiger partial charge in [0, 0.05) is 13.1 Å². The van der Waals surface area contributed by atoms with Gasteiger partial charge >= 0.3 is 6.03 Å². The van der Waals surface area contributed by atoms with E-state index in [4.69, 9.17) is 0 Å². The van der Waals surface area contributed by atoms with Gasteiger partial charge in [0.25, 0.3) is 0 Å². The average Bonchev–Trinajstić information content (AvgIpc) is 2.51. The van der Waals surface area contributed by atoms with Crippen molar-refractivity contribution in [3.63, 3.8) is 0 Å². The summed E-state index contributed by atoms with van der Waals surface area (Å²) in [6, 6.07) is 6.06. The average molecular weight is 341 g/mol. The highest BCUT2D eigenvalue weighted by molar-refractivity contribution is 7.92. The molecule has 2 amide bonds. The first kappa shape index (κ1) is 19.4. The SMILES string of the molecule is CCN(CC)CCNC(=O)Nc1ccccc1S(=O)(=O)C(C)C. The molecule has 23 heavy (non-hydrogen) atoms. The molecular formula is C16H27N3O3S. The molecule has 0 saturated heterocycles. The quantitative estimate of drug-likeness (QED) is 0.761. The topological polar surface area (TPSA) is 78.5 Å². The number of urea groups is 1. The monoisotopic (exact) mass is 341 g/mol. The Hall–Kier alpha value is -1.60. The van der Waals surface area contributed by atoms with Crippen LogP contribution in [0, 0.1) is 0 Å². The molecule has 1 aromatic rings. The number of carbonyl (C=O) groups is 1. The lowest BCUT2D eigenvalue weighted by Crippen LogP contribution is -2.37. The van der Waals surface area contributed by atoms with E-state index in [1.54, 1.807) is 32.0 Å². The lowest BCUT2D eigenvalue weighted by Gasteiger charge is -2.18. The van der Waals surface area contributed by atoms with Gasteiger partial charge in [-0.2, -0.15) is 0 Å². The molecule has 7 heteroatoms. The van der Waals surface area contributed by atoms with Gasteiger partial charge in [0.05, 0.1) is 15.8 Å². The van der Waals surface area contributed by atoms with Crippen LogP contribution in [-0.2, 0) is 9.84 Å². The van der Waals surface area contributed by atoms with Crippen LogP contribution >= 0.6 is 0 Å². The first-order valence-corrected chi connectivity index (χ1v) is 9.47. The molecular weight excluding hydrogens is 314 g/mol. The predicted octanol–water partition coefficient (Wildman–Crippen LogP) is 2.33. The fraction of sp³-hybridized carbons (Fsp3) is 0.562. The number of anilines is 1. The predicted molar refractivity (Wildman–Crippen MR) is 93.6 cm³/mol. The number of nitrogens with zero attached hydrogens (tertiary/aromatic N) is 1. The van der Waals surface area contributed by atoms with Crippen LogP contribution in [0.25, 0.3) is 0 Å². The van der Waals surface area contributed by atoms with Gasteiger partial charge in [-0.15, -0.1) is 0 Å². The van der Waals surface area contributed by atoms with Crippen molar-refractivity contribution in [1.29, 1.82) is 0 Å². The van der Waals surface area contributed by atoms with E-state index in [0.29, 0.717) is 12.2 Å². The van der Waals surface area contributed by atoms with Crippen LogP contribution < -0.4 is 10.6 Å². The lowest BCUT2D eigenvalue weighted by molar-refractivity contribution is 0.247. The van der Waals surface area contributed by atoms with E-state index in [1.807, 2.05) is 0 Å². The Morgan fingerprint density at radius 2 is 1.78 bits per heavy atom. The smallest absolute Gasteiger partial charge is 0.319 e. The number of sulfone groups is 1. The Bertz CT molecular complexity index is 611. The summed E-state index contributed by atoms with van der Waals surface area (Å²) in [6.07, 6.45) is 0. The van der Waals surface area contributed by atoms with E-state index in [-0.39, 0.29) is 4.90 Å². The van der Waals surface area contributed by atoms with Crippen molar-refractivity contribution >= 4 is 21.6 Å². The molecule has 0 aliphatic carbocycles. The molecule has 0 spiro atoms. The standard InChI is InChI=1S/C16H27N3O3S/c1-5-19(6-2)12-11-17-16(20)18-14-9-7-8-10-15(14)23(21,22)13(3)4/h7-10,13H,5-6,11-12H2,1-4H3,(H2,17,18,20). The van der Waals surface area contributed by atoms with Gasteiger partial charge in [0.1, 0.15) is 0 Å². The summed E-state index contributed by atoms with van der Waals surface area (Å²) in [6.45, 7) is 10.5. The van der Waals surface area contributed by atoms with Crippen molar-refractivity contribution in [2.75, 3.05) is 31.5 Å². The van der Waals surface area contributed by atoms with Gasteiger partial charge in [0.2, 0.25) is 0 Å². The van der Waals surface area contributed by atoms with Crippen molar-refractivity contribution in [1.82, 2.24) is 10.2 Å². The van der Waals surface area contributed by atoms with E-state index in [1.165, 1.54) is 6.07 Å². The van der Waals surface area contributed by atoms with Gasteiger partial charge in [-0.3, -0.25) is 0 Å². The van der Waals surface area contributed by atoms with Crippen molar-refractivity contribution in [2.24, 2.45) is 0 Å². The van der Waals surface area contributed by atoms with Crippen molar-refractivity contribution in [2.45, 2.75) is 37.8 Å². The van der Waals surface area contributed by atoms with Gasteiger partial charge < -0.3 is 15.5 Å². The maximum Gasteiger partial charge on any atom is 0.319 e. The number of nitrogens with one attached hydrogen (secondary N) is 2. The van der Waals surface area contributed by atoms with Crippen LogP contribution in [0.5, 0.6) is 0 Å². The van der Waals surface area contributed by atoms with Crippen LogP contribution in [0.3, 0.4) is 0 Å². The normalized spacial score (nSPS) is 11.7. The van der Waals surface area contributed by atoms with E-state index < -0.39 is 21.1 Å². The minimum Gasteiger partial charge on any atom is -0.337 e. The zero-order chi connectivity index (χ0) is 17.5. The fourth-order valence-electron chi connectivity index (χ4n) is 2.11. The first-order valence-electron chi connectivity index (χ1n) is 7.93. The molecule has 0 fully saturated rings. The molecule has 0 radical (unpaired) electrons. The highest BCUT2D eigenvalue weighted by atomic mass is 32.2. The Morgan fingerprint density at radius 1 is 1.17 bits per heavy atom. The largest absolute Gasteiger partial charge is 0.337 e. The third-order valence-electron chi connectivity index (χ3n) is 3.67. The van der Waals surface area contributed by atoms with Crippen LogP contribution in [0.2, 0.25) is 0 Å².